The van der Waals surface area contributed by atoms with Crippen LogP contribution in [0.5, 0.6) is 0 Å². The number of hydrogen-bond donors (Lipinski definition) is 2. The third-order valence-electron chi connectivity index (χ3n) is 6.34. The number of ether oxygens (including phenoxy) is 1. The van der Waals surface area contributed by atoms with Gasteiger partial charge in [-0.3, -0.25) is 9.59 Å². The van der Waals surface area contributed by atoms with Crippen molar-refractivity contribution < 1.29 is 14.3 Å². The zero-order valence-electron chi connectivity index (χ0n) is 18.8. The second kappa shape index (κ2) is 10.0. The summed E-state index contributed by atoms with van der Waals surface area (Å²) in [6.45, 7) is 3.19. The molecule has 1 fully saturated rings. The molecule has 32 heavy (non-hydrogen) atoms. The van der Waals surface area contributed by atoms with Crippen molar-refractivity contribution in [2.24, 2.45) is 5.92 Å². The molecule has 3 aromatic rings. The second-order valence-corrected chi connectivity index (χ2v) is 8.43. The molecule has 1 heterocycles. The zero-order valence-corrected chi connectivity index (χ0v) is 18.8. The average molecular weight is 434 g/mol. The number of carbonyl (C=O) groups is 2. The number of benzene rings is 2. The van der Waals surface area contributed by atoms with E-state index >= 15 is 0 Å². The van der Waals surface area contributed by atoms with Gasteiger partial charge in [-0.2, -0.15) is 0 Å². The minimum absolute atomic E-state index is 0.0241. The molecule has 2 N–H and O–H groups in total. The van der Waals surface area contributed by atoms with Crippen LogP contribution in [0, 0.1) is 5.92 Å². The van der Waals surface area contributed by atoms with Gasteiger partial charge < -0.3 is 19.9 Å². The quantitative estimate of drug-likeness (QED) is 0.566. The van der Waals surface area contributed by atoms with Crippen LogP contribution in [0.25, 0.3) is 10.9 Å². The number of aryl methyl sites for hydroxylation is 1. The van der Waals surface area contributed by atoms with Crippen molar-refractivity contribution in [1.82, 2.24) is 9.88 Å². The standard InChI is InChI=1S/C26H31N3O3/c1-3-29-23-13-12-21(28-25(30)19-10-7-11-22(15-19)32-2)14-20(23)16-24(29)26(31)27-17-18-8-5-4-6-9-18/h4-6,8-9,12-14,16,19,22H,3,7,10-11,15,17H2,1-2H3,(H,27,31)(H,28,30)/t19-,22-/m1/s1. The van der Waals surface area contributed by atoms with E-state index in [1.165, 1.54) is 0 Å². The lowest BCUT2D eigenvalue weighted by Gasteiger charge is -2.27. The molecule has 0 unspecified atom stereocenters. The molecule has 6 heteroatoms. The maximum Gasteiger partial charge on any atom is 0.268 e. The first-order valence-corrected chi connectivity index (χ1v) is 11.4. The molecule has 0 aliphatic heterocycles. The van der Waals surface area contributed by atoms with Gasteiger partial charge in [0.15, 0.2) is 0 Å². The Balaban J connectivity index is 1.49. The number of carbonyl (C=O) groups excluding carboxylic acids is 2. The number of anilines is 1. The first-order valence-electron chi connectivity index (χ1n) is 11.4. The predicted molar refractivity (Wildman–Crippen MR) is 127 cm³/mol. The molecule has 6 nitrogen and oxygen atoms in total. The Hall–Kier alpha value is -3.12. The monoisotopic (exact) mass is 433 g/mol. The Kier molecular flexibility index (Phi) is 6.90. The Morgan fingerprint density at radius 1 is 1.09 bits per heavy atom. The Labute approximate surface area is 188 Å². The van der Waals surface area contributed by atoms with Crippen LogP contribution in [0.2, 0.25) is 0 Å². The lowest BCUT2D eigenvalue weighted by molar-refractivity contribution is -0.122. The fourth-order valence-corrected chi connectivity index (χ4v) is 4.59. The summed E-state index contributed by atoms with van der Waals surface area (Å²) in [5, 5.41) is 7.01. The highest BCUT2D eigenvalue weighted by molar-refractivity contribution is 6.00. The van der Waals surface area contributed by atoms with Crippen molar-refractivity contribution in [3.8, 4) is 0 Å². The van der Waals surface area contributed by atoms with Gasteiger partial charge in [0, 0.05) is 42.7 Å². The molecular formula is C26H31N3O3. The van der Waals surface area contributed by atoms with Crippen molar-refractivity contribution in [3.05, 3.63) is 65.9 Å². The molecule has 2 atom stereocenters. The maximum atomic E-state index is 12.9. The average Bonchev–Trinajstić information content (AvgIpc) is 3.21. The van der Waals surface area contributed by atoms with E-state index in [1.807, 2.05) is 66.1 Å². The van der Waals surface area contributed by atoms with Gasteiger partial charge in [-0.1, -0.05) is 36.8 Å². The molecule has 0 bridgehead atoms. The van der Waals surface area contributed by atoms with E-state index < -0.39 is 0 Å². The first kappa shape index (κ1) is 22.1. The third-order valence-corrected chi connectivity index (χ3v) is 6.34. The van der Waals surface area contributed by atoms with E-state index in [2.05, 4.69) is 10.6 Å². The SMILES string of the molecule is CCn1c(C(=O)NCc2ccccc2)cc2cc(NC(=O)[C@@H]3CCC[C@@H](OC)C3)ccc21. The Bertz CT molecular complexity index is 1090. The van der Waals surface area contributed by atoms with E-state index in [9.17, 15) is 9.59 Å². The van der Waals surface area contributed by atoms with E-state index in [1.54, 1.807) is 7.11 Å². The van der Waals surface area contributed by atoms with Gasteiger partial charge in [-0.05, 0) is 56.0 Å². The fourth-order valence-electron chi connectivity index (χ4n) is 4.59. The highest BCUT2D eigenvalue weighted by Gasteiger charge is 2.27. The van der Waals surface area contributed by atoms with Crippen molar-refractivity contribution >= 4 is 28.4 Å². The molecule has 1 aromatic heterocycles. The van der Waals surface area contributed by atoms with Crippen molar-refractivity contribution in [2.45, 2.75) is 51.8 Å². The maximum absolute atomic E-state index is 12.9. The van der Waals surface area contributed by atoms with Crippen LogP contribution in [-0.2, 0) is 22.6 Å². The van der Waals surface area contributed by atoms with E-state index in [4.69, 9.17) is 4.74 Å². The molecular weight excluding hydrogens is 402 g/mol. The van der Waals surface area contributed by atoms with Gasteiger partial charge in [0.1, 0.15) is 5.69 Å². The van der Waals surface area contributed by atoms with Crippen LogP contribution in [0.1, 0.15) is 48.7 Å². The summed E-state index contributed by atoms with van der Waals surface area (Å²) in [7, 11) is 1.71. The van der Waals surface area contributed by atoms with Crippen LogP contribution in [0.4, 0.5) is 5.69 Å². The third kappa shape index (κ3) is 4.86. The Morgan fingerprint density at radius 2 is 1.91 bits per heavy atom. The zero-order chi connectivity index (χ0) is 22.5. The summed E-state index contributed by atoms with van der Waals surface area (Å²) in [5.41, 5.74) is 3.42. The smallest absolute Gasteiger partial charge is 0.268 e. The summed E-state index contributed by atoms with van der Waals surface area (Å²) < 4.78 is 7.46. The summed E-state index contributed by atoms with van der Waals surface area (Å²) >= 11 is 0. The van der Waals surface area contributed by atoms with E-state index in [0.29, 0.717) is 18.8 Å². The molecule has 4 rings (SSSR count). The van der Waals surface area contributed by atoms with Crippen LogP contribution in [0.3, 0.4) is 0 Å². The molecule has 0 spiro atoms. The lowest BCUT2D eigenvalue weighted by Crippen LogP contribution is -2.30. The molecule has 2 amide bonds. The fraction of sp³-hybridized carbons (Fsp3) is 0.385. The summed E-state index contributed by atoms with van der Waals surface area (Å²) in [4.78, 5) is 25.7. The molecule has 0 radical (unpaired) electrons. The number of methoxy groups -OCH3 is 1. The van der Waals surface area contributed by atoms with Gasteiger partial charge in [0.05, 0.1) is 6.10 Å². The molecule has 1 aliphatic rings. The molecule has 0 saturated heterocycles. The number of amides is 2. The molecule has 1 saturated carbocycles. The number of fused-ring (bicyclic) bond motifs is 1. The van der Waals surface area contributed by atoms with E-state index in [0.717, 1.165) is 47.8 Å². The molecule has 1 aliphatic carbocycles. The van der Waals surface area contributed by atoms with Gasteiger partial charge >= 0.3 is 0 Å². The van der Waals surface area contributed by atoms with Crippen molar-refractivity contribution in [3.63, 3.8) is 0 Å². The van der Waals surface area contributed by atoms with Crippen LogP contribution in [-0.4, -0.2) is 29.6 Å². The van der Waals surface area contributed by atoms with Crippen LogP contribution < -0.4 is 10.6 Å². The summed E-state index contributed by atoms with van der Waals surface area (Å²) in [6, 6.07) is 17.6. The molecule has 2 aromatic carbocycles. The minimum Gasteiger partial charge on any atom is -0.381 e. The number of nitrogens with zero attached hydrogens (tertiary/aromatic N) is 1. The lowest BCUT2D eigenvalue weighted by atomic mass is 9.86. The largest absolute Gasteiger partial charge is 0.381 e. The van der Waals surface area contributed by atoms with Crippen molar-refractivity contribution in [2.75, 3.05) is 12.4 Å². The minimum atomic E-state index is -0.106. The topological polar surface area (TPSA) is 72.4 Å². The van der Waals surface area contributed by atoms with Gasteiger partial charge in [0.2, 0.25) is 5.91 Å². The highest BCUT2D eigenvalue weighted by atomic mass is 16.5. The van der Waals surface area contributed by atoms with Crippen LogP contribution >= 0.6 is 0 Å². The normalized spacial score (nSPS) is 18.4. The number of aromatic nitrogens is 1. The molecule has 168 valence electrons. The van der Waals surface area contributed by atoms with Crippen LogP contribution in [0.15, 0.2) is 54.6 Å². The van der Waals surface area contributed by atoms with Gasteiger partial charge in [-0.15, -0.1) is 0 Å². The van der Waals surface area contributed by atoms with Gasteiger partial charge in [0.25, 0.3) is 5.91 Å². The van der Waals surface area contributed by atoms with Crippen molar-refractivity contribution in [1.29, 1.82) is 0 Å². The number of nitrogens with one attached hydrogen (secondary N) is 2. The van der Waals surface area contributed by atoms with Gasteiger partial charge in [-0.25, -0.2) is 0 Å². The van der Waals surface area contributed by atoms with E-state index in [-0.39, 0.29) is 23.8 Å². The second-order valence-electron chi connectivity index (χ2n) is 8.43. The summed E-state index contributed by atoms with van der Waals surface area (Å²) in [6.07, 6.45) is 3.86. The Morgan fingerprint density at radius 3 is 2.66 bits per heavy atom. The number of rotatable bonds is 7. The summed E-state index contributed by atoms with van der Waals surface area (Å²) in [5.74, 6) is -0.0869. The number of hydrogen-bond acceptors (Lipinski definition) is 3. The highest BCUT2D eigenvalue weighted by Crippen LogP contribution is 2.28. The predicted octanol–water partition coefficient (Wildman–Crippen LogP) is 4.73. The first-order chi connectivity index (χ1) is 15.6.